The van der Waals surface area contributed by atoms with Crippen LogP contribution in [0.5, 0.6) is 5.75 Å². The number of nitrogens with one attached hydrogen (secondary N) is 2. The molecule has 0 saturated carbocycles. The van der Waals surface area contributed by atoms with Gasteiger partial charge in [-0.2, -0.15) is 0 Å². The van der Waals surface area contributed by atoms with Crippen LogP contribution in [-0.4, -0.2) is 47.3 Å². The molecule has 1 unspecified atom stereocenters. The second kappa shape index (κ2) is 23.3. The van der Waals surface area contributed by atoms with Crippen molar-refractivity contribution in [2.75, 3.05) is 18.5 Å². The molecule has 1 aromatic rings. The maximum atomic E-state index is 12.5. The Balaban J connectivity index is 2.06. The van der Waals surface area contributed by atoms with E-state index < -0.39 is 18.1 Å². The van der Waals surface area contributed by atoms with Crippen molar-refractivity contribution >= 4 is 23.5 Å². The number of Topliss-reactive ketones (excluding diaryl/α,β-unsaturated/α-hetero) is 1. The van der Waals surface area contributed by atoms with E-state index in [0.717, 1.165) is 38.5 Å². The minimum atomic E-state index is -1.29. The Labute approximate surface area is 246 Å². The van der Waals surface area contributed by atoms with Crippen LogP contribution in [0.2, 0.25) is 0 Å². The number of hydrogen-bond donors (Lipinski definition) is 4. The fraction of sp³-hybridized carbons (Fsp3) is 0.545. The first-order valence-corrected chi connectivity index (χ1v) is 15.1. The third-order valence-electron chi connectivity index (χ3n) is 6.46. The van der Waals surface area contributed by atoms with Crippen LogP contribution in [0.3, 0.4) is 0 Å². The molecule has 0 bridgehead atoms. The Kier molecular flexibility index (Phi) is 20.3. The van der Waals surface area contributed by atoms with Crippen molar-refractivity contribution in [1.29, 1.82) is 0 Å². The summed E-state index contributed by atoms with van der Waals surface area (Å²) in [5.74, 6) is -1.63. The van der Waals surface area contributed by atoms with Gasteiger partial charge in [-0.05, 0) is 69.6 Å². The van der Waals surface area contributed by atoms with Crippen LogP contribution in [-0.2, 0) is 9.53 Å². The molecule has 4 N–H and O–H groups in total. The maximum Gasteiger partial charge on any atom is 0.339 e. The van der Waals surface area contributed by atoms with Gasteiger partial charge in [0.15, 0.2) is 5.78 Å². The lowest BCUT2D eigenvalue weighted by Crippen LogP contribution is -2.31. The highest BCUT2D eigenvalue weighted by molar-refractivity contribution is 5.95. The van der Waals surface area contributed by atoms with Crippen LogP contribution in [0.15, 0.2) is 54.7 Å². The Morgan fingerprint density at radius 2 is 1.54 bits per heavy atom. The third kappa shape index (κ3) is 17.8. The van der Waals surface area contributed by atoms with Gasteiger partial charge in [-0.15, -0.1) is 0 Å². The summed E-state index contributed by atoms with van der Waals surface area (Å²) in [7, 11) is 0. The number of phenols is 1. The normalized spacial score (nSPS) is 12.3. The van der Waals surface area contributed by atoms with Crippen molar-refractivity contribution < 1.29 is 29.3 Å². The summed E-state index contributed by atoms with van der Waals surface area (Å²) >= 11 is 0. The van der Waals surface area contributed by atoms with E-state index >= 15 is 0 Å². The van der Waals surface area contributed by atoms with Crippen molar-refractivity contribution in [3.63, 3.8) is 0 Å². The number of anilines is 1. The van der Waals surface area contributed by atoms with Crippen molar-refractivity contribution in [2.24, 2.45) is 0 Å². The Morgan fingerprint density at radius 1 is 0.878 bits per heavy atom. The van der Waals surface area contributed by atoms with Gasteiger partial charge >= 0.3 is 12.0 Å². The summed E-state index contributed by atoms with van der Waals surface area (Å²) in [6.45, 7) is 4.96. The lowest BCUT2D eigenvalue weighted by molar-refractivity contribution is -0.131. The van der Waals surface area contributed by atoms with Crippen molar-refractivity contribution in [3.05, 3.63) is 60.2 Å². The zero-order valence-corrected chi connectivity index (χ0v) is 24.9. The molecule has 1 aromatic carbocycles. The molecule has 8 nitrogen and oxygen atoms in total. The molecule has 0 aliphatic rings. The topological polar surface area (TPSA) is 125 Å². The quantitative estimate of drug-likeness (QED) is 0.0601. The van der Waals surface area contributed by atoms with Gasteiger partial charge in [0.05, 0.1) is 0 Å². The first-order valence-electron chi connectivity index (χ1n) is 15.1. The largest absolute Gasteiger partial charge is 0.507 e. The molecule has 0 aliphatic carbocycles. The molecule has 8 heteroatoms. The number of rotatable bonds is 23. The predicted octanol–water partition coefficient (Wildman–Crippen LogP) is 7.95. The van der Waals surface area contributed by atoms with E-state index in [9.17, 15) is 19.5 Å². The first kappa shape index (κ1) is 35.6. The minimum absolute atomic E-state index is 0.0382. The number of carbonyl (C=O) groups excluding carboxylic acids is 2. The summed E-state index contributed by atoms with van der Waals surface area (Å²) in [6, 6.07) is 3.27. The van der Waals surface area contributed by atoms with Crippen LogP contribution in [0.1, 0.15) is 108 Å². The maximum absolute atomic E-state index is 12.5. The van der Waals surface area contributed by atoms with E-state index in [1.54, 1.807) is 0 Å². The fourth-order valence-corrected chi connectivity index (χ4v) is 4.15. The summed E-state index contributed by atoms with van der Waals surface area (Å²) in [4.78, 5) is 35.6. The minimum Gasteiger partial charge on any atom is -0.507 e. The van der Waals surface area contributed by atoms with Gasteiger partial charge in [0.1, 0.15) is 17.4 Å². The predicted molar refractivity (Wildman–Crippen MR) is 166 cm³/mol. The van der Waals surface area contributed by atoms with Gasteiger partial charge in [0.25, 0.3) is 0 Å². The number of aromatic carboxylic acids is 1. The molecule has 0 radical (unpaired) electrons. The number of urea groups is 1. The van der Waals surface area contributed by atoms with E-state index in [1.165, 1.54) is 43.9 Å². The molecule has 41 heavy (non-hydrogen) atoms. The number of ether oxygens (including phenoxy) is 1. The van der Waals surface area contributed by atoms with E-state index in [1.807, 2.05) is 6.92 Å². The smallest absolute Gasteiger partial charge is 0.339 e. The number of aromatic hydroxyl groups is 1. The highest BCUT2D eigenvalue weighted by Crippen LogP contribution is 2.21. The Bertz CT molecular complexity index is 986. The van der Waals surface area contributed by atoms with Crippen LogP contribution < -0.4 is 10.6 Å². The van der Waals surface area contributed by atoms with E-state index in [-0.39, 0.29) is 22.8 Å². The molecule has 1 atom stereocenters. The van der Waals surface area contributed by atoms with Gasteiger partial charge in [-0.3, -0.25) is 4.79 Å². The van der Waals surface area contributed by atoms with Crippen molar-refractivity contribution in [1.82, 2.24) is 5.32 Å². The van der Waals surface area contributed by atoms with Crippen molar-refractivity contribution in [3.8, 4) is 5.75 Å². The summed E-state index contributed by atoms with van der Waals surface area (Å²) in [6.07, 6.45) is 25.5. The average molecular weight is 571 g/mol. The van der Waals surface area contributed by atoms with Gasteiger partial charge in [0, 0.05) is 25.3 Å². The molecule has 228 valence electrons. The number of amides is 2. The van der Waals surface area contributed by atoms with E-state index in [2.05, 4.69) is 54.0 Å². The SMILES string of the molecule is CC/C=C\C/C=C\C/C=C\CCCCCCCCOC(CC)C(=O)CCCNC(=O)Nc1ccc(O)c(C(=O)O)c1. The standard InChI is InChI=1S/C33H50N2O6/c1-3-5-6-7-8-9-10-11-12-13-14-15-16-17-18-19-25-41-31(4-2)30(37)21-20-24-34-33(40)35-27-22-23-29(36)28(26-27)32(38)39/h5-6,8-9,11-12,22-23,26,31,36H,3-4,7,10,13-21,24-25H2,1-2H3,(H,38,39)(H2,34,35,40)/b6-5-,9-8-,12-11-. The number of hydrogen-bond acceptors (Lipinski definition) is 5. The Morgan fingerprint density at radius 3 is 2.22 bits per heavy atom. The first-order chi connectivity index (χ1) is 19.9. The van der Waals surface area contributed by atoms with Gasteiger partial charge in [-0.1, -0.05) is 76.0 Å². The molecule has 0 spiro atoms. The average Bonchev–Trinajstić information content (AvgIpc) is 2.95. The molecule has 2 amide bonds. The zero-order valence-electron chi connectivity index (χ0n) is 24.9. The van der Waals surface area contributed by atoms with Crippen LogP contribution in [0.25, 0.3) is 0 Å². The van der Waals surface area contributed by atoms with E-state index in [0.29, 0.717) is 32.4 Å². The highest BCUT2D eigenvalue weighted by Gasteiger charge is 2.16. The number of allylic oxidation sites excluding steroid dienone is 6. The summed E-state index contributed by atoms with van der Waals surface area (Å²) in [5, 5.41) is 23.8. The second-order valence-electron chi connectivity index (χ2n) is 9.96. The second-order valence-corrected chi connectivity index (χ2v) is 9.96. The number of ketones is 1. The number of benzene rings is 1. The molecule has 0 aliphatic heterocycles. The van der Waals surface area contributed by atoms with Gasteiger partial charge < -0.3 is 25.6 Å². The van der Waals surface area contributed by atoms with Crippen LogP contribution >= 0.6 is 0 Å². The number of carboxylic acid groups (broad SMARTS) is 1. The Hall–Kier alpha value is -3.39. The number of carbonyl (C=O) groups is 3. The summed E-state index contributed by atoms with van der Waals surface area (Å²) < 4.78 is 5.83. The molecule has 0 heterocycles. The monoisotopic (exact) mass is 570 g/mol. The molecule has 0 saturated heterocycles. The van der Waals surface area contributed by atoms with E-state index in [4.69, 9.17) is 9.84 Å². The number of carboxylic acids is 1. The zero-order chi connectivity index (χ0) is 30.1. The lowest BCUT2D eigenvalue weighted by Gasteiger charge is -2.15. The van der Waals surface area contributed by atoms with Gasteiger partial charge in [0.2, 0.25) is 0 Å². The highest BCUT2D eigenvalue weighted by atomic mass is 16.5. The molecule has 0 fully saturated rings. The van der Waals surface area contributed by atoms with Crippen molar-refractivity contribution in [2.45, 2.75) is 103 Å². The van der Waals surface area contributed by atoms with Gasteiger partial charge in [-0.25, -0.2) is 9.59 Å². The summed E-state index contributed by atoms with van der Waals surface area (Å²) in [5.41, 5.74) is -0.0521. The van der Waals surface area contributed by atoms with Crippen LogP contribution in [0, 0.1) is 0 Å². The molecule has 1 rings (SSSR count). The molecular formula is C33H50N2O6. The van der Waals surface area contributed by atoms with Crippen LogP contribution in [0.4, 0.5) is 10.5 Å². The molecule has 0 aromatic heterocycles. The molecular weight excluding hydrogens is 520 g/mol. The third-order valence-corrected chi connectivity index (χ3v) is 6.46. The number of unbranched alkanes of at least 4 members (excludes halogenated alkanes) is 6. The lowest BCUT2D eigenvalue weighted by atomic mass is 10.1. The fourth-order valence-electron chi connectivity index (χ4n) is 4.15.